The van der Waals surface area contributed by atoms with Crippen LogP contribution in [0, 0.1) is 13.8 Å². The van der Waals surface area contributed by atoms with E-state index in [9.17, 15) is 13.2 Å². The van der Waals surface area contributed by atoms with Crippen LogP contribution in [0.5, 0.6) is 0 Å². The van der Waals surface area contributed by atoms with Crippen molar-refractivity contribution in [3.8, 4) is 0 Å². The van der Waals surface area contributed by atoms with E-state index in [1.807, 2.05) is 32.0 Å². The number of anilines is 2. The summed E-state index contributed by atoms with van der Waals surface area (Å²) in [5.41, 5.74) is 2.50. The van der Waals surface area contributed by atoms with E-state index < -0.39 is 10.0 Å². The maximum absolute atomic E-state index is 12.3. The lowest BCUT2D eigenvalue weighted by molar-refractivity contribution is -0.116. The fraction of sp³-hybridized carbons (Fsp3) is 0.389. The number of hydrogen-bond donors (Lipinski definition) is 1. The van der Waals surface area contributed by atoms with E-state index in [-0.39, 0.29) is 18.9 Å². The standard InChI is InChI=1S/C18H24N4O3S3/c1-5-11-26-18-21-20-17(27-18)19-16(23)7-6-10-22(28(4,24)25)15-12-13(2)8-9-14(15)3/h5,8-9,12H,1,6-7,10-11H2,2-4H3,(H,19,20,23). The average molecular weight is 441 g/mol. The summed E-state index contributed by atoms with van der Waals surface area (Å²) in [7, 11) is -3.45. The molecule has 0 saturated heterocycles. The van der Waals surface area contributed by atoms with Gasteiger partial charge in [0.2, 0.25) is 21.1 Å². The van der Waals surface area contributed by atoms with Crippen LogP contribution in [0.25, 0.3) is 0 Å². The molecule has 0 spiro atoms. The van der Waals surface area contributed by atoms with Crippen LogP contribution in [0.2, 0.25) is 0 Å². The van der Waals surface area contributed by atoms with Gasteiger partial charge in [-0.25, -0.2) is 8.42 Å². The molecular weight excluding hydrogens is 416 g/mol. The number of amides is 1. The molecule has 0 fully saturated rings. The number of sulfonamides is 1. The van der Waals surface area contributed by atoms with E-state index in [0.29, 0.717) is 17.2 Å². The number of nitrogens with zero attached hydrogens (tertiary/aromatic N) is 3. The van der Waals surface area contributed by atoms with Gasteiger partial charge >= 0.3 is 0 Å². The lowest BCUT2D eigenvalue weighted by atomic mass is 10.1. The fourth-order valence-electron chi connectivity index (χ4n) is 2.47. The van der Waals surface area contributed by atoms with Gasteiger partial charge in [-0.2, -0.15) is 0 Å². The van der Waals surface area contributed by atoms with Crippen molar-refractivity contribution >= 4 is 49.8 Å². The molecule has 1 N–H and O–H groups in total. The zero-order chi connectivity index (χ0) is 20.7. The lowest BCUT2D eigenvalue weighted by Gasteiger charge is -2.24. The van der Waals surface area contributed by atoms with Crippen LogP contribution in [0.3, 0.4) is 0 Å². The highest BCUT2D eigenvalue weighted by Gasteiger charge is 2.19. The average Bonchev–Trinajstić information content (AvgIpc) is 3.05. The summed E-state index contributed by atoms with van der Waals surface area (Å²) in [5.74, 6) is 0.508. The van der Waals surface area contributed by atoms with Crippen molar-refractivity contribution in [2.75, 3.05) is 28.2 Å². The van der Waals surface area contributed by atoms with Gasteiger partial charge < -0.3 is 5.32 Å². The zero-order valence-corrected chi connectivity index (χ0v) is 18.6. The normalized spacial score (nSPS) is 11.2. The number of carbonyl (C=O) groups is 1. The van der Waals surface area contributed by atoms with Gasteiger partial charge in [-0.15, -0.1) is 16.8 Å². The monoisotopic (exact) mass is 440 g/mol. The molecule has 0 atom stereocenters. The van der Waals surface area contributed by atoms with E-state index in [2.05, 4.69) is 22.1 Å². The van der Waals surface area contributed by atoms with Crippen molar-refractivity contribution in [3.63, 3.8) is 0 Å². The van der Waals surface area contributed by atoms with Crippen LogP contribution in [-0.4, -0.2) is 43.1 Å². The molecule has 1 aromatic heterocycles. The number of carbonyl (C=O) groups excluding carboxylic acids is 1. The van der Waals surface area contributed by atoms with Gasteiger partial charge in [0.05, 0.1) is 11.9 Å². The van der Waals surface area contributed by atoms with Gasteiger partial charge in [0.15, 0.2) is 4.34 Å². The van der Waals surface area contributed by atoms with Crippen molar-refractivity contribution in [2.24, 2.45) is 0 Å². The first-order valence-electron chi connectivity index (χ1n) is 8.62. The minimum Gasteiger partial charge on any atom is -0.301 e. The maximum Gasteiger partial charge on any atom is 0.232 e. The van der Waals surface area contributed by atoms with Crippen LogP contribution in [0.15, 0.2) is 35.2 Å². The number of thioether (sulfide) groups is 1. The van der Waals surface area contributed by atoms with Crippen LogP contribution < -0.4 is 9.62 Å². The molecule has 1 heterocycles. The van der Waals surface area contributed by atoms with Gasteiger partial charge in [0, 0.05) is 18.7 Å². The molecule has 152 valence electrons. The topological polar surface area (TPSA) is 92.3 Å². The Hall–Kier alpha value is -1.91. The Bertz CT molecular complexity index is 941. The first-order chi connectivity index (χ1) is 13.2. The molecule has 7 nitrogen and oxygen atoms in total. The Morgan fingerprint density at radius 2 is 2.11 bits per heavy atom. The Morgan fingerprint density at radius 3 is 2.79 bits per heavy atom. The second kappa shape index (κ2) is 10.0. The van der Waals surface area contributed by atoms with Crippen molar-refractivity contribution in [1.29, 1.82) is 0 Å². The molecular formula is C18H24N4O3S3. The van der Waals surface area contributed by atoms with Gasteiger partial charge in [-0.3, -0.25) is 9.10 Å². The molecule has 0 unspecified atom stereocenters. The number of rotatable bonds is 10. The number of hydrogen-bond acceptors (Lipinski definition) is 7. The van der Waals surface area contributed by atoms with E-state index in [1.54, 1.807) is 6.08 Å². The van der Waals surface area contributed by atoms with Crippen LogP contribution in [-0.2, 0) is 14.8 Å². The van der Waals surface area contributed by atoms with Crippen molar-refractivity contribution in [2.45, 2.75) is 31.0 Å². The molecule has 0 aliphatic heterocycles. The predicted molar refractivity (Wildman–Crippen MR) is 117 cm³/mol. The third-order valence-corrected chi connectivity index (χ3v) is 6.92. The number of aromatic nitrogens is 2. The SMILES string of the molecule is C=CCSc1nnc(NC(=O)CCCN(c2cc(C)ccc2C)S(C)(=O)=O)s1. The second-order valence-electron chi connectivity index (χ2n) is 6.25. The summed E-state index contributed by atoms with van der Waals surface area (Å²) in [5, 5.41) is 11.1. The Morgan fingerprint density at radius 1 is 1.36 bits per heavy atom. The molecule has 10 heteroatoms. The highest BCUT2D eigenvalue weighted by Crippen LogP contribution is 2.26. The fourth-order valence-corrected chi connectivity index (χ4v) is 5.01. The largest absolute Gasteiger partial charge is 0.301 e. The lowest BCUT2D eigenvalue weighted by Crippen LogP contribution is -2.32. The van der Waals surface area contributed by atoms with E-state index in [1.165, 1.54) is 33.7 Å². The predicted octanol–water partition coefficient (Wildman–Crippen LogP) is 3.62. The summed E-state index contributed by atoms with van der Waals surface area (Å²) >= 11 is 2.80. The summed E-state index contributed by atoms with van der Waals surface area (Å²) in [6.07, 6.45) is 3.53. The second-order valence-corrected chi connectivity index (χ2v) is 10.4. The molecule has 1 aromatic carbocycles. The highest BCUT2D eigenvalue weighted by atomic mass is 32.2. The van der Waals surface area contributed by atoms with Crippen molar-refractivity contribution < 1.29 is 13.2 Å². The third-order valence-electron chi connectivity index (χ3n) is 3.78. The summed E-state index contributed by atoms with van der Waals surface area (Å²) < 4.78 is 26.6. The van der Waals surface area contributed by atoms with Crippen LogP contribution >= 0.6 is 23.1 Å². The Labute approximate surface area is 174 Å². The highest BCUT2D eigenvalue weighted by molar-refractivity contribution is 8.01. The van der Waals surface area contributed by atoms with E-state index in [4.69, 9.17) is 0 Å². The van der Waals surface area contributed by atoms with Gasteiger partial charge in [-0.05, 0) is 37.5 Å². The van der Waals surface area contributed by atoms with Crippen molar-refractivity contribution in [3.05, 3.63) is 42.0 Å². The molecule has 0 saturated carbocycles. The zero-order valence-electron chi connectivity index (χ0n) is 16.1. The van der Waals surface area contributed by atoms with Crippen LogP contribution in [0.1, 0.15) is 24.0 Å². The summed E-state index contributed by atoms with van der Waals surface area (Å²) in [6, 6.07) is 5.68. The maximum atomic E-state index is 12.3. The number of benzene rings is 1. The molecule has 2 aromatic rings. The molecule has 0 radical (unpaired) electrons. The van der Waals surface area contributed by atoms with Crippen LogP contribution in [0.4, 0.5) is 10.8 Å². The van der Waals surface area contributed by atoms with Gasteiger partial charge in [0.1, 0.15) is 0 Å². The third kappa shape index (κ3) is 6.61. The number of aryl methyl sites for hydroxylation is 2. The molecule has 28 heavy (non-hydrogen) atoms. The van der Waals surface area contributed by atoms with Gasteiger partial charge in [-0.1, -0.05) is 41.3 Å². The smallest absolute Gasteiger partial charge is 0.232 e. The minimum absolute atomic E-state index is 0.186. The Kier molecular flexibility index (Phi) is 8.02. The van der Waals surface area contributed by atoms with Crippen molar-refractivity contribution in [1.82, 2.24) is 10.2 Å². The molecule has 0 aliphatic carbocycles. The number of nitrogens with one attached hydrogen (secondary N) is 1. The summed E-state index contributed by atoms with van der Waals surface area (Å²) in [6.45, 7) is 7.67. The Balaban J connectivity index is 1.95. The molecule has 1 amide bonds. The molecule has 0 bridgehead atoms. The summed E-state index contributed by atoms with van der Waals surface area (Å²) in [4.78, 5) is 12.2. The molecule has 2 rings (SSSR count). The first-order valence-corrected chi connectivity index (χ1v) is 12.3. The minimum atomic E-state index is -3.45. The van der Waals surface area contributed by atoms with E-state index >= 15 is 0 Å². The first kappa shape index (κ1) is 22.4. The van der Waals surface area contributed by atoms with Gasteiger partial charge in [0.25, 0.3) is 0 Å². The molecule has 0 aliphatic rings. The quantitative estimate of drug-likeness (QED) is 0.345. The van der Waals surface area contributed by atoms with E-state index in [0.717, 1.165) is 21.2 Å².